The average Bonchev–Trinajstić information content (AvgIpc) is 2.36. The van der Waals surface area contributed by atoms with E-state index in [0.29, 0.717) is 0 Å². The summed E-state index contributed by atoms with van der Waals surface area (Å²) in [6.45, 7) is 5.25. The highest BCUT2D eigenvalue weighted by molar-refractivity contribution is 4.99. The lowest BCUT2D eigenvalue weighted by atomic mass is 9.80. The summed E-state index contributed by atoms with van der Waals surface area (Å²) in [6, 6.07) is 0. The zero-order valence-electron chi connectivity index (χ0n) is 11.3. The smallest absolute Gasteiger partial charge is 0.200 e. The predicted molar refractivity (Wildman–Crippen MR) is 63.7 cm³/mol. The second-order valence-corrected chi connectivity index (χ2v) is 5.22. The van der Waals surface area contributed by atoms with Gasteiger partial charge in [-0.2, -0.15) is 0 Å². The van der Waals surface area contributed by atoms with Gasteiger partial charge in [0, 0.05) is 13.0 Å². The van der Waals surface area contributed by atoms with Gasteiger partial charge in [0.25, 0.3) is 0 Å². The minimum atomic E-state index is -1.43. The highest BCUT2D eigenvalue weighted by atomic mass is 16.7. The molecule has 0 saturated carbocycles. The summed E-state index contributed by atoms with van der Waals surface area (Å²) in [4.78, 5) is 0. The highest BCUT2D eigenvalue weighted by Crippen LogP contribution is 2.39. The molecule has 0 aromatic rings. The predicted octanol–water partition coefficient (Wildman–Crippen LogP) is -0.905. The van der Waals surface area contributed by atoms with Crippen molar-refractivity contribution in [1.29, 1.82) is 0 Å². The largest absolute Gasteiger partial charge is 0.394 e. The third-order valence-corrected chi connectivity index (χ3v) is 3.94. The Balaban J connectivity index is 3.09. The van der Waals surface area contributed by atoms with Crippen LogP contribution in [-0.2, 0) is 9.47 Å². The van der Waals surface area contributed by atoms with Gasteiger partial charge in [0.15, 0.2) is 5.79 Å². The van der Waals surface area contributed by atoms with Crippen LogP contribution in [0, 0.1) is 11.8 Å². The second-order valence-electron chi connectivity index (χ2n) is 5.22. The van der Waals surface area contributed by atoms with E-state index in [0.717, 1.165) is 0 Å². The van der Waals surface area contributed by atoms with Crippen LogP contribution in [-0.4, -0.2) is 64.3 Å². The molecule has 6 nitrogen and oxygen atoms in total. The quantitative estimate of drug-likeness (QED) is 0.525. The number of methoxy groups -OCH3 is 1. The lowest BCUT2D eigenvalue weighted by Crippen LogP contribution is -2.68. The van der Waals surface area contributed by atoms with Crippen LogP contribution in [0.3, 0.4) is 0 Å². The summed E-state index contributed by atoms with van der Waals surface area (Å²) in [5.41, 5.74) is 0. The molecule has 1 fully saturated rings. The molecule has 4 N–H and O–H groups in total. The minimum Gasteiger partial charge on any atom is -0.394 e. The van der Waals surface area contributed by atoms with Crippen LogP contribution in [0.5, 0.6) is 0 Å². The van der Waals surface area contributed by atoms with Crippen LogP contribution >= 0.6 is 0 Å². The van der Waals surface area contributed by atoms with Gasteiger partial charge in [-0.15, -0.1) is 0 Å². The van der Waals surface area contributed by atoms with Gasteiger partial charge in [0.05, 0.1) is 6.61 Å². The van der Waals surface area contributed by atoms with E-state index >= 15 is 0 Å². The molecule has 1 saturated heterocycles. The van der Waals surface area contributed by atoms with E-state index < -0.39 is 36.8 Å². The van der Waals surface area contributed by atoms with Crippen molar-refractivity contribution in [3.8, 4) is 0 Å². The van der Waals surface area contributed by atoms with Crippen LogP contribution in [0.4, 0.5) is 0 Å². The van der Waals surface area contributed by atoms with Gasteiger partial charge >= 0.3 is 0 Å². The van der Waals surface area contributed by atoms with Crippen LogP contribution < -0.4 is 0 Å². The van der Waals surface area contributed by atoms with Gasteiger partial charge in [-0.25, -0.2) is 0 Å². The molecule has 1 aliphatic heterocycles. The maximum absolute atomic E-state index is 10.1. The Labute approximate surface area is 107 Å². The molecule has 6 heteroatoms. The van der Waals surface area contributed by atoms with Crippen molar-refractivity contribution in [3.63, 3.8) is 0 Å². The lowest BCUT2D eigenvalue weighted by Gasteiger charge is -2.51. The zero-order valence-corrected chi connectivity index (χ0v) is 11.3. The van der Waals surface area contributed by atoms with Crippen LogP contribution in [0.1, 0.15) is 20.8 Å². The van der Waals surface area contributed by atoms with Crippen molar-refractivity contribution in [1.82, 2.24) is 0 Å². The molecule has 18 heavy (non-hydrogen) atoms. The van der Waals surface area contributed by atoms with Crippen molar-refractivity contribution in [3.05, 3.63) is 0 Å². The summed E-state index contributed by atoms with van der Waals surface area (Å²) < 4.78 is 10.9. The van der Waals surface area contributed by atoms with E-state index in [1.54, 1.807) is 0 Å². The van der Waals surface area contributed by atoms with Crippen LogP contribution in [0.15, 0.2) is 0 Å². The van der Waals surface area contributed by atoms with Gasteiger partial charge in [0.1, 0.15) is 24.4 Å². The average molecular weight is 264 g/mol. The maximum atomic E-state index is 10.1. The Hall–Kier alpha value is -0.240. The molecular weight excluding hydrogens is 240 g/mol. The molecule has 0 aliphatic carbocycles. The van der Waals surface area contributed by atoms with Crippen molar-refractivity contribution in [2.24, 2.45) is 11.8 Å². The van der Waals surface area contributed by atoms with Crippen LogP contribution in [0.25, 0.3) is 0 Å². The van der Waals surface area contributed by atoms with E-state index in [2.05, 4.69) is 0 Å². The van der Waals surface area contributed by atoms with Crippen LogP contribution in [0.2, 0.25) is 0 Å². The van der Waals surface area contributed by atoms with E-state index in [-0.39, 0.29) is 11.8 Å². The summed E-state index contributed by atoms with van der Waals surface area (Å²) in [5, 5.41) is 38.9. The lowest BCUT2D eigenvalue weighted by molar-refractivity contribution is -0.378. The Morgan fingerprint density at radius 1 is 1.17 bits per heavy atom. The van der Waals surface area contributed by atoms with E-state index in [4.69, 9.17) is 9.47 Å². The molecule has 0 radical (unpaired) electrons. The Bertz CT molecular complexity index is 269. The number of rotatable bonds is 4. The van der Waals surface area contributed by atoms with Gasteiger partial charge in [-0.05, 0) is 5.92 Å². The van der Waals surface area contributed by atoms with Crippen molar-refractivity contribution >= 4 is 0 Å². The second kappa shape index (κ2) is 5.81. The van der Waals surface area contributed by atoms with Gasteiger partial charge in [-0.1, -0.05) is 20.8 Å². The summed E-state index contributed by atoms with van der Waals surface area (Å²) in [5.74, 6) is -1.53. The number of hydrogen-bond acceptors (Lipinski definition) is 6. The summed E-state index contributed by atoms with van der Waals surface area (Å²) in [7, 11) is 1.38. The van der Waals surface area contributed by atoms with Gasteiger partial charge < -0.3 is 29.9 Å². The third kappa shape index (κ3) is 2.41. The van der Waals surface area contributed by atoms with Crippen molar-refractivity contribution < 1.29 is 29.9 Å². The fourth-order valence-electron chi connectivity index (χ4n) is 2.36. The molecular formula is C12H24O6. The number of hydrogen-bond donors (Lipinski definition) is 4. The molecule has 1 aliphatic rings. The SMILES string of the molecule is COC1(C(C)C(C)C)O[C@@H](CO)[C@H](O)[C@@H](O)[C@@H]1O. The molecule has 0 amide bonds. The molecule has 1 rings (SSSR count). The normalized spacial score (nSPS) is 43.2. The first-order chi connectivity index (χ1) is 8.31. The highest BCUT2D eigenvalue weighted by Gasteiger charge is 2.57. The first-order valence-corrected chi connectivity index (χ1v) is 6.19. The molecule has 0 aromatic carbocycles. The van der Waals surface area contributed by atoms with Gasteiger partial charge in [-0.3, -0.25) is 0 Å². The Morgan fingerprint density at radius 3 is 2.11 bits per heavy atom. The molecule has 1 heterocycles. The Kier molecular flexibility index (Phi) is 5.11. The summed E-state index contributed by atoms with van der Waals surface area (Å²) >= 11 is 0. The van der Waals surface area contributed by atoms with E-state index in [1.165, 1.54) is 7.11 Å². The number of aliphatic hydroxyl groups excluding tert-OH is 4. The summed E-state index contributed by atoms with van der Waals surface area (Å²) in [6.07, 6.45) is -5.12. The van der Waals surface area contributed by atoms with Gasteiger partial charge in [0.2, 0.25) is 0 Å². The van der Waals surface area contributed by atoms with E-state index in [9.17, 15) is 20.4 Å². The fraction of sp³-hybridized carbons (Fsp3) is 1.00. The first kappa shape index (κ1) is 15.8. The van der Waals surface area contributed by atoms with Crippen molar-refractivity contribution in [2.75, 3.05) is 13.7 Å². The number of ether oxygens (including phenoxy) is 2. The molecule has 0 spiro atoms. The molecule has 0 bridgehead atoms. The first-order valence-electron chi connectivity index (χ1n) is 6.19. The molecule has 2 unspecified atom stereocenters. The minimum absolute atomic E-state index is 0.126. The Morgan fingerprint density at radius 2 is 1.72 bits per heavy atom. The maximum Gasteiger partial charge on any atom is 0.200 e. The monoisotopic (exact) mass is 264 g/mol. The fourth-order valence-corrected chi connectivity index (χ4v) is 2.36. The molecule has 0 aromatic heterocycles. The van der Waals surface area contributed by atoms with E-state index in [1.807, 2.05) is 20.8 Å². The zero-order chi connectivity index (χ0) is 14.1. The topological polar surface area (TPSA) is 99.4 Å². The molecule has 6 atom stereocenters. The standard InChI is InChI=1S/C12H24O6/c1-6(2)7(3)12(17-4)11(16)10(15)9(14)8(5-13)18-12/h6-11,13-16H,5H2,1-4H3/t7?,8-,9-,10+,11-,12?/m0/s1. The van der Waals surface area contributed by atoms with Crippen molar-refractivity contribution in [2.45, 2.75) is 51.0 Å². The third-order valence-electron chi connectivity index (χ3n) is 3.94. The number of aliphatic hydroxyl groups is 4. The molecule has 108 valence electrons.